The molecule has 1 aliphatic carbocycles. The lowest BCUT2D eigenvalue weighted by Crippen LogP contribution is -2.34. The van der Waals surface area contributed by atoms with Gasteiger partial charge in [0.1, 0.15) is 0 Å². The van der Waals surface area contributed by atoms with Gasteiger partial charge < -0.3 is 10.4 Å². The van der Waals surface area contributed by atoms with E-state index in [9.17, 15) is 4.79 Å². The number of carboxylic acids is 1. The minimum Gasteiger partial charge on any atom is -0.478 e. The van der Waals surface area contributed by atoms with Gasteiger partial charge in [0.2, 0.25) is 0 Å². The number of hydrogen-bond donors (Lipinski definition) is 2. The summed E-state index contributed by atoms with van der Waals surface area (Å²) in [6.07, 6.45) is 7.66. The minimum atomic E-state index is -0.829. The second-order valence-electron chi connectivity index (χ2n) is 3.91. The van der Waals surface area contributed by atoms with Gasteiger partial charge in [0.15, 0.2) is 0 Å². The molecule has 86 valence electrons. The molecule has 0 aromatic heterocycles. The van der Waals surface area contributed by atoms with E-state index in [1.54, 1.807) is 13.0 Å². The average molecular weight is 229 g/mol. The van der Waals surface area contributed by atoms with Crippen LogP contribution in [0.1, 0.15) is 26.2 Å². The van der Waals surface area contributed by atoms with Crippen LogP contribution in [0.15, 0.2) is 11.6 Å². The highest BCUT2D eigenvalue weighted by Gasteiger charge is 2.25. The van der Waals surface area contributed by atoms with E-state index < -0.39 is 5.97 Å². The average Bonchev–Trinajstić information content (AvgIpc) is 2.65. The Kier molecular flexibility index (Phi) is 5.19. The van der Waals surface area contributed by atoms with Crippen LogP contribution in [0.25, 0.3) is 0 Å². The summed E-state index contributed by atoms with van der Waals surface area (Å²) >= 11 is 1.91. The third-order valence-electron chi connectivity index (χ3n) is 2.88. The zero-order chi connectivity index (χ0) is 11.3. The Morgan fingerprint density at radius 3 is 2.93 bits per heavy atom. The van der Waals surface area contributed by atoms with E-state index in [2.05, 4.69) is 11.6 Å². The summed E-state index contributed by atoms with van der Waals surface area (Å²) in [5, 5.41) is 12.8. The van der Waals surface area contributed by atoms with Crippen molar-refractivity contribution in [3.8, 4) is 0 Å². The molecule has 1 fully saturated rings. The number of hydrogen-bond acceptors (Lipinski definition) is 3. The van der Waals surface area contributed by atoms with Crippen molar-refractivity contribution in [2.45, 2.75) is 37.5 Å². The van der Waals surface area contributed by atoms with Gasteiger partial charge in [0.25, 0.3) is 0 Å². The topological polar surface area (TPSA) is 49.3 Å². The van der Waals surface area contributed by atoms with E-state index >= 15 is 0 Å². The summed E-state index contributed by atoms with van der Waals surface area (Å²) in [6, 6.07) is 0.554. The molecule has 0 aliphatic heterocycles. The van der Waals surface area contributed by atoms with Gasteiger partial charge in [-0.25, -0.2) is 4.79 Å². The fraction of sp³-hybridized carbons (Fsp3) is 0.727. The lowest BCUT2D eigenvalue weighted by atomic mass is 10.2. The zero-order valence-electron chi connectivity index (χ0n) is 9.32. The highest BCUT2D eigenvalue weighted by Crippen LogP contribution is 2.28. The molecule has 0 bridgehead atoms. The Morgan fingerprint density at radius 2 is 2.33 bits per heavy atom. The van der Waals surface area contributed by atoms with Gasteiger partial charge in [0, 0.05) is 23.4 Å². The molecule has 0 spiro atoms. The van der Waals surface area contributed by atoms with Gasteiger partial charge in [-0.2, -0.15) is 11.8 Å². The van der Waals surface area contributed by atoms with Crippen molar-refractivity contribution in [2.75, 3.05) is 12.8 Å². The number of aliphatic carboxylic acids is 1. The molecule has 1 rings (SSSR count). The third kappa shape index (κ3) is 3.87. The van der Waals surface area contributed by atoms with Gasteiger partial charge in [-0.05, 0) is 26.0 Å². The maximum absolute atomic E-state index is 10.5. The fourth-order valence-electron chi connectivity index (χ4n) is 1.89. The number of rotatable bonds is 5. The van der Waals surface area contributed by atoms with Crippen LogP contribution in [0.3, 0.4) is 0 Å². The molecule has 0 aromatic carbocycles. The van der Waals surface area contributed by atoms with Crippen molar-refractivity contribution < 1.29 is 9.90 Å². The normalized spacial score (nSPS) is 26.9. The van der Waals surface area contributed by atoms with Crippen LogP contribution in [0.5, 0.6) is 0 Å². The van der Waals surface area contributed by atoms with Crippen LogP contribution in [-0.4, -0.2) is 35.2 Å². The van der Waals surface area contributed by atoms with E-state index in [4.69, 9.17) is 5.11 Å². The summed E-state index contributed by atoms with van der Waals surface area (Å²) in [4.78, 5) is 10.5. The standard InChI is InChI=1S/C11H19NO2S/c1-8(11(13)14)6-7-12-9-4-3-5-10(9)15-2/h6,9-10,12H,3-5,7H2,1-2H3,(H,13,14)/b8-6-. The lowest BCUT2D eigenvalue weighted by molar-refractivity contribution is -0.132. The van der Waals surface area contributed by atoms with Gasteiger partial charge >= 0.3 is 5.97 Å². The minimum absolute atomic E-state index is 0.418. The summed E-state index contributed by atoms with van der Waals surface area (Å²) in [5.74, 6) is -0.829. The highest BCUT2D eigenvalue weighted by atomic mass is 32.2. The van der Waals surface area contributed by atoms with Crippen LogP contribution in [0, 0.1) is 0 Å². The molecule has 1 aliphatic rings. The molecule has 4 heteroatoms. The van der Waals surface area contributed by atoms with Crippen molar-refractivity contribution in [3.63, 3.8) is 0 Å². The molecule has 2 unspecified atom stereocenters. The predicted molar refractivity (Wildman–Crippen MR) is 64.3 cm³/mol. The molecule has 3 nitrogen and oxygen atoms in total. The molecular weight excluding hydrogens is 210 g/mol. The molecule has 1 saturated carbocycles. The quantitative estimate of drug-likeness (QED) is 0.707. The SMILES string of the molecule is CSC1CCCC1NC/C=C(/C)C(=O)O. The van der Waals surface area contributed by atoms with Crippen molar-refractivity contribution in [1.82, 2.24) is 5.32 Å². The monoisotopic (exact) mass is 229 g/mol. The van der Waals surface area contributed by atoms with Gasteiger partial charge in [-0.1, -0.05) is 12.5 Å². The van der Waals surface area contributed by atoms with Crippen LogP contribution < -0.4 is 5.32 Å². The summed E-state index contributed by atoms with van der Waals surface area (Å²) in [6.45, 7) is 2.30. The number of carbonyl (C=O) groups is 1. The zero-order valence-corrected chi connectivity index (χ0v) is 10.1. The molecule has 0 saturated heterocycles. The maximum Gasteiger partial charge on any atom is 0.330 e. The Balaban J connectivity index is 2.31. The summed E-state index contributed by atoms with van der Waals surface area (Å²) < 4.78 is 0. The Hall–Kier alpha value is -0.480. The molecule has 0 amide bonds. The Labute approximate surface area is 95.3 Å². The van der Waals surface area contributed by atoms with Crippen molar-refractivity contribution >= 4 is 17.7 Å². The molecule has 2 N–H and O–H groups in total. The van der Waals surface area contributed by atoms with Crippen LogP contribution in [-0.2, 0) is 4.79 Å². The first kappa shape index (κ1) is 12.6. The van der Waals surface area contributed by atoms with Crippen molar-refractivity contribution in [3.05, 3.63) is 11.6 Å². The predicted octanol–water partition coefficient (Wildman–Crippen LogP) is 1.89. The first-order chi connectivity index (χ1) is 7.15. The fourth-order valence-corrected chi connectivity index (χ4v) is 2.86. The molecular formula is C11H19NO2S. The highest BCUT2D eigenvalue weighted by molar-refractivity contribution is 7.99. The molecule has 0 aromatic rings. The van der Waals surface area contributed by atoms with Gasteiger partial charge in [0.05, 0.1) is 0 Å². The summed E-state index contributed by atoms with van der Waals surface area (Å²) in [7, 11) is 0. The van der Waals surface area contributed by atoms with E-state index in [-0.39, 0.29) is 0 Å². The second-order valence-corrected chi connectivity index (χ2v) is 4.99. The van der Waals surface area contributed by atoms with Gasteiger partial charge in [-0.3, -0.25) is 0 Å². The smallest absolute Gasteiger partial charge is 0.330 e. The largest absolute Gasteiger partial charge is 0.478 e. The first-order valence-electron chi connectivity index (χ1n) is 5.31. The Bertz CT molecular complexity index is 253. The van der Waals surface area contributed by atoms with E-state index in [0.717, 1.165) is 0 Å². The Morgan fingerprint density at radius 1 is 1.60 bits per heavy atom. The van der Waals surface area contributed by atoms with Crippen LogP contribution >= 0.6 is 11.8 Å². The number of nitrogens with one attached hydrogen (secondary N) is 1. The molecule has 0 radical (unpaired) electrons. The van der Waals surface area contributed by atoms with E-state index in [1.807, 2.05) is 11.8 Å². The second kappa shape index (κ2) is 6.18. The van der Waals surface area contributed by atoms with Gasteiger partial charge in [-0.15, -0.1) is 0 Å². The van der Waals surface area contributed by atoms with Crippen LogP contribution in [0.4, 0.5) is 0 Å². The lowest BCUT2D eigenvalue weighted by Gasteiger charge is -2.18. The number of carboxylic acid groups (broad SMARTS) is 1. The summed E-state index contributed by atoms with van der Waals surface area (Å²) in [5.41, 5.74) is 0.418. The number of thioether (sulfide) groups is 1. The van der Waals surface area contributed by atoms with E-state index in [1.165, 1.54) is 19.3 Å². The third-order valence-corrected chi connectivity index (χ3v) is 4.05. The van der Waals surface area contributed by atoms with Crippen LogP contribution in [0.2, 0.25) is 0 Å². The van der Waals surface area contributed by atoms with Crippen molar-refractivity contribution in [2.24, 2.45) is 0 Å². The van der Waals surface area contributed by atoms with Crippen molar-refractivity contribution in [1.29, 1.82) is 0 Å². The maximum atomic E-state index is 10.5. The molecule has 15 heavy (non-hydrogen) atoms. The molecule has 0 heterocycles. The molecule has 2 atom stereocenters. The van der Waals surface area contributed by atoms with E-state index in [0.29, 0.717) is 23.4 Å². The first-order valence-corrected chi connectivity index (χ1v) is 6.60.